The maximum atomic E-state index is 13.0. The molecule has 0 unspecified atom stereocenters. The van der Waals surface area contributed by atoms with Crippen LogP contribution in [-0.2, 0) is 9.22 Å². The van der Waals surface area contributed by atoms with E-state index in [2.05, 4.69) is 47.3 Å². The SMILES string of the molecule is CCCC(=O)[C@@]1(O[Si](C)(C)C)C[C@H]2CC[C@]1(C)C2(C)C. The fourth-order valence-corrected chi connectivity index (χ4v) is 6.30. The monoisotopic (exact) mass is 296 g/mol. The molecular weight excluding hydrogens is 264 g/mol. The van der Waals surface area contributed by atoms with E-state index in [0.717, 1.165) is 19.3 Å². The fraction of sp³-hybridized carbons (Fsp3) is 0.941. The van der Waals surface area contributed by atoms with Crippen LogP contribution in [0.15, 0.2) is 0 Å². The summed E-state index contributed by atoms with van der Waals surface area (Å²) >= 11 is 0. The lowest BCUT2D eigenvalue weighted by atomic mass is 9.62. The molecule has 0 aliphatic heterocycles. The molecule has 2 nitrogen and oxygen atoms in total. The van der Waals surface area contributed by atoms with Gasteiger partial charge in [-0.1, -0.05) is 27.7 Å². The highest BCUT2D eigenvalue weighted by atomic mass is 28.4. The Morgan fingerprint density at radius 3 is 2.20 bits per heavy atom. The Balaban J connectivity index is 2.47. The topological polar surface area (TPSA) is 26.3 Å². The number of hydrogen-bond acceptors (Lipinski definition) is 2. The highest BCUT2D eigenvalue weighted by Gasteiger charge is 2.72. The van der Waals surface area contributed by atoms with Crippen molar-refractivity contribution in [3.8, 4) is 0 Å². The van der Waals surface area contributed by atoms with Crippen molar-refractivity contribution in [1.29, 1.82) is 0 Å². The molecule has 0 aromatic heterocycles. The first-order valence-electron chi connectivity index (χ1n) is 8.24. The average molecular weight is 297 g/mol. The second-order valence-corrected chi connectivity index (χ2v) is 13.1. The Morgan fingerprint density at radius 2 is 1.85 bits per heavy atom. The van der Waals surface area contributed by atoms with Crippen molar-refractivity contribution in [2.24, 2.45) is 16.7 Å². The van der Waals surface area contributed by atoms with Crippen LogP contribution in [0.4, 0.5) is 0 Å². The summed E-state index contributed by atoms with van der Waals surface area (Å²) in [6.45, 7) is 15.8. The van der Waals surface area contributed by atoms with Gasteiger partial charge in [-0.3, -0.25) is 4.79 Å². The van der Waals surface area contributed by atoms with E-state index < -0.39 is 13.9 Å². The minimum Gasteiger partial charge on any atom is -0.405 e. The molecule has 0 spiro atoms. The van der Waals surface area contributed by atoms with Gasteiger partial charge in [0.15, 0.2) is 14.1 Å². The standard InChI is InChI=1S/C17H32O2Si/c1-8-9-14(18)17(19-20(5,6)7)12-13-10-11-16(17,4)15(13,2)3/h13H,8-12H2,1-7H3/t13-,16-,17+/m1/s1. The van der Waals surface area contributed by atoms with Crippen LogP contribution in [0.5, 0.6) is 0 Å². The highest BCUT2D eigenvalue weighted by molar-refractivity contribution is 6.70. The predicted molar refractivity (Wildman–Crippen MR) is 86.3 cm³/mol. The summed E-state index contributed by atoms with van der Waals surface area (Å²) in [5, 5.41) is 0. The Hall–Kier alpha value is -0.153. The lowest BCUT2D eigenvalue weighted by Gasteiger charge is -2.50. The summed E-state index contributed by atoms with van der Waals surface area (Å²) in [6, 6.07) is 0. The molecule has 2 saturated carbocycles. The van der Waals surface area contributed by atoms with Crippen molar-refractivity contribution < 1.29 is 9.22 Å². The van der Waals surface area contributed by atoms with Crippen molar-refractivity contribution in [2.75, 3.05) is 0 Å². The van der Waals surface area contributed by atoms with E-state index in [1.54, 1.807) is 0 Å². The maximum absolute atomic E-state index is 13.0. The van der Waals surface area contributed by atoms with Crippen LogP contribution in [0, 0.1) is 16.7 Å². The van der Waals surface area contributed by atoms with Gasteiger partial charge in [-0.25, -0.2) is 0 Å². The van der Waals surface area contributed by atoms with Gasteiger partial charge in [0, 0.05) is 11.8 Å². The van der Waals surface area contributed by atoms with Gasteiger partial charge in [-0.15, -0.1) is 0 Å². The lowest BCUT2D eigenvalue weighted by Crippen LogP contribution is -2.58. The fourth-order valence-electron chi connectivity index (χ4n) is 4.83. The molecule has 0 aromatic rings. The molecule has 2 fully saturated rings. The Morgan fingerprint density at radius 1 is 1.25 bits per heavy atom. The van der Waals surface area contributed by atoms with Gasteiger partial charge in [0.1, 0.15) is 5.60 Å². The van der Waals surface area contributed by atoms with E-state index in [-0.39, 0.29) is 10.8 Å². The molecule has 0 N–H and O–H groups in total. The Bertz CT molecular complexity index is 410. The van der Waals surface area contributed by atoms with Gasteiger partial charge in [0.2, 0.25) is 0 Å². The van der Waals surface area contributed by atoms with Crippen LogP contribution >= 0.6 is 0 Å². The molecule has 3 atom stereocenters. The number of carbonyl (C=O) groups is 1. The quantitative estimate of drug-likeness (QED) is 0.682. The van der Waals surface area contributed by atoms with Crippen LogP contribution < -0.4 is 0 Å². The number of fused-ring (bicyclic) bond motifs is 2. The third-order valence-corrected chi connectivity index (χ3v) is 7.23. The van der Waals surface area contributed by atoms with Crippen molar-refractivity contribution in [3.05, 3.63) is 0 Å². The van der Waals surface area contributed by atoms with Gasteiger partial charge in [-0.2, -0.15) is 0 Å². The number of carbonyl (C=O) groups excluding carboxylic acids is 1. The van der Waals surface area contributed by atoms with E-state index in [4.69, 9.17) is 4.43 Å². The Kier molecular flexibility index (Phi) is 3.79. The molecule has 0 saturated heterocycles. The normalized spacial score (nSPS) is 39.2. The molecule has 0 radical (unpaired) electrons. The molecule has 3 heteroatoms. The number of Topliss-reactive ketones (excluding diaryl/α,β-unsaturated/α-hetero) is 1. The minimum atomic E-state index is -1.75. The van der Waals surface area contributed by atoms with Crippen LogP contribution in [0.1, 0.15) is 59.8 Å². The summed E-state index contributed by atoms with van der Waals surface area (Å²) < 4.78 is 6.66. The van der Waals surface area contributed by atoms with Crippen LogP contribution in [0.25, 0.3) is 0 Å². The Labute approximate surface area is 125 Å². The molecule has 2 aliphatic rings. The van der Waals surface area contributed by atoms with Gasteiger partial charge < -0.3 is 4.43 Å². The van der Waals surface area contributed by atoms with Gasteiger partial charge in [0.25, 0.3) is 0 Å². The summed E-state index contributed by atoms with van der Waals surface area (Å²) in [7, 11) is -1.75. The van der Waals surface area contributed by atoms with E-state index in [1.165, 1.54) is 6.42 Å². The van der Waals surface area contributed by atoms with Crippen LogP contribution in [-0.4, -0.2) is 19.7 Å². The summed E-state index contributed by atoms with van der Waals surface area (Å²) in [5.41, 5.74) is -0.271. The van der Waals surface area contributed by atoms with E-state index in [1.807, 2.05) is 0 Å². The van der Waals surface area contributed by atoms with Crippen molar-refractivity contribution in [1.82, 2.24) is 0 Å². The first-order chi connectivity index (χ1) is 9.00. The van der Waals surface area contributed by atoms with Crippen LogP contribution in [0.2, 0.25) is 19.6 Å². The van der Waals surface area contributed by atoms with Crippen molar-refractivity contribution in [3.63, 3.8) is 0 Å². The first-order valence-corrected chi connectivity index (χ1v) is 11.6. The number of rotatable bonds is 5. The molecule has 2 bridgehead atoms. The second kappa shape index (κ2) is 4.67. The van der Waals surface area contributed by atoms with Gasteiger partial charge in [-0.05, 0) is 56.7 Å². The van der Waals surface area contributed by atoms with E-state index in [9.17, 15) is 4.79 Å². The van der Waals surface area contributed by atoms with Crippen molar-refractivity contribution in [2.45, 2.75) is 85.0 Å². The van der Waals surface area contributed by atoms with Crippen LogP contribution in [0.3, 0.4) is 0 Å². The molecular formula is C17H32O2Si. The summed E-state index contributed by atoms with van der Waals surface area (Å²) in [4.78, 5) is 13.0. The van der Waals surface area contributed by atoms with Gasteiger partial charge in [0.05, 0.1) is 0 Å². The predicted octanol–water partition coefficient (Wildman–Crippen LogP) is 4.79. The zero-order chi connectivity index (χ0) is 15.4. The molecule has 20 heavy (non-hydrogen) atoms. The smallest absolute Gasteiger partial charge is 0.185 e. The molecule has 0 aromatic carbocycles. The number of ketones is 1. The zero-order valence-electron chi connectivity index (χ0n) is 14.4. The molecule has 0 heterocycles. The summed E-state index contributed by atoms with van der Waals surface area (Å²) in [6.07, 6.45) is 4.96. The van der Waals surface area contributed by atoms with E-state index in [0.29, 0.717) is 18.1 Å². The van der Waals surface area contributed by atoms with E-state index >= 15 is 0 Å². The molecule has 0 amide bonds. The minimum absolute atomic E-state index is 0.0111. The number of hydrogen-bond donors (Lipinski definition) is 0. The third-order valence-electron chi connectivity index (χ3n) is 6.27. The third kappa shape index (κ3) is 2.04. The highest BCUT2D eigenvalue weighted by Crippen LogP contribution is 2.71. The second-order valence-electron chi connectivity index (χ2n) is 8.71. The average Bonchev–Trinajstić information content (AvgIpc) is 2.59. The summed E-state index contributed by atoms with van der Waals surface area (Å²) in [5.74, 6) is 1.02. The zero-order valence-corrected chi connectivity index (χ0v) is 15.4. The van der Waals surface area contributed by atoms with Gasteiger partial charge >= 0.3 is 0 Å². The largest absolute Gasteiger partial charge is 0.405 e. The first kappa shape index (κ1) is 16.2. The lowest BCUT2D eigenvalue weighted by molar-refractivity contribution is -0.151. The molecule has 2 aliphatic carbocycles. The maximum Gasteiger partial charge on any atom is 0.185 e. The molecule has 2 rings (SSSR count). The van der Waals surface area contributed by atoms with Crippen molar-refractivity contribution >= 4 is 14.1 Å². The molecule has 116 valence electrons.